The Labute approximate surface area is 83.1 Å². The van der Waals surface area contributed by atoms with Crippen LogP contribution >= 0.6 is 0 Å². The Morgan fingerprint density at radius 1 is 1.14 bits per heavy atom. The molecule has 0 aliphatic heterocycles. The first kappa shape index (κ1) is 11.8. The Bertz CT molecular complexity index is 171. The lowest BCUT2D eigenvalue weighted by atomic mass is 9.83. The van der Waals surface area contributed by atoms with Crippen LogP contribution in [0.15, 0.2) is 0 Å². The van der Waals surface area contributed by atoms with E-state index in [-0.39, 0.29) is 12.1 Å². The third-order valence-corrected chi connectivity index (χ3v) is 2.92. The molecule has 14 heavy (non-hydrogen) atoms. The highest BCUT2D eigenvalue weighted by Gasteiger charge is 2.30. The molecule has 1 N–H and O–H groups in total. The summed E-state index contributed by atoms with van der Waals surface area (Å²) in [7, 11) is 0. The predicted molar refractivity (Wildman–Crippen MR) is 50.2 cm³/mol. The third-order valence-electron chi connectivity index (χ3n) is 2.92. The van der Waals surface area contributed by atoms with E-state index in [1.165, 1.54) is 6.42 Å². The number of hydrogen-bond donors (Lipinski definition) is 1. The molecule has 1 nitrogen and oxygen atoms in total. The molecular weight excluding hydrogens is 191 g/mol. The molecule has 1 fully saturated rings. The van der Waals surface area contributed by atoms with Crippen molar-refractivity contribution in [3.8, 4) is 0 Å². The highest BCUT2D eigenvalue weighted by atomic mass is 19.4. The summed E-state index contributed by atoms with van der Waals surface area (Å²) in [5, 5.41) is 3.03. The minimum Gasteiger partial charge on any atom is -0.311 e. The Kier molecular flexibility index (Phi) is 3.81. The third kappa shape index (κ3) is 4.31. The van der Waals surface area contributed by atoms with Crippen LogP contribution in [0.25, 0.3) is 0 Å². The van der Waals surface area contributed by atoms with Crippen molar-refractivity contribution in [3.63, 3.8) is 0 Å². The molecule has 0 unspecified atom stereocenters. The van der Waals surface area contributed by atoms with Crippen LogP contribution in [0, 0.1) is 0 Å². The lowest BCUT2D eigenvalue weighted by Crippen LogP contribution is -2.45. The highest BCUT2D eigenvalue weighted by Crippen LogP contribution is 2.28. The van der Waals surface area contributed by atoms with Gasteiger partial charge in [0.25, 0.3) is 0 Å². The zero-order valence-electron chi connectivity index (χ0n) is 8.58. The summed E-state index contributed by atoms with van der Waals surface area (Å²) >= 11 is 0. The number of halogens is 3. The van der Waals surface area contributed by atoms with Gasteiger partial charge in [0.1, 0.15) is 0 Å². The van der Waals surface area contributed by atoms with E-state index in [4.69, 9.17) is 0 Å². The summed E-state index contributed by atoms with van der Waals surface area (Å²) in [4.78, 5) is 0. The van der Waals surface area contributed by atoms with Gasteiger partial charge < -0.3 is 5.32 Å². The Balaban J connectivity index is 2.22. The largest absolute Gasteiger partial charge is 0.390 e. The van der Waals surface area contributed by atoms with Crippen LogP contribution < -0.4 is 5.32 Å². The average molecular weight is 209 g/mol. The molecule has 4 heteroatoms. The Morgan fingerprint density at radius 3 is 2.21 bits per heavy atom. The number of rotatable bonds is 3. The second-order valence-electron chi connectivity index (χ2n) is 4.41. The van der Waals surface area contributed by atoms with Gasteiger partial charge >= 0.3 is 6.18 Å². The van der Waals surface area contributed by atoms with Gasteiger partial charge in [-0.2, -0.15) is 13.2 Å². The number of nitrogens with one attached hydrogen (secondary N) is 1. The molecular formula is C10H18F3N. The summed E-state index contributed by atoms with van der Waals surface area (Å²) in [5.74, 6) is 0. The van der Waals surface area contributed by atoms with Crippen LogP contribution in [-0.2, 0) is 0 Å². The van der Waals surface area contributed by atoms with Crippen LogP contribution in [0.5, 0.6) is 0 Å². The maximum atomic E-state index is 11.9. The van der Waals surface area contributed by atoms with Gasteiger partial charge in [-0.05, 0) is 19.8 Å². The fourth-order valence-electron chi connectivity index (χ4n) is 2.01. The fraction of sp³-hybridized carbons (Fsp3) is 1.00. The molecule has 0 radical (unpaired) electrons. The van der Waals surface area contributed by atoms with Crippen molar-refractivity contribution in [1.29, 1.82) is 0 Å². The molecule has 0 spiro atoms. The maximum Gasteiger partial charge on any atom is 0.390 e. The van der Waals surface area contributed by atoms with Crippen molar-refractivity contribution < 1.29 is 13.2 Å². The van der Waals surface area contributed by atoms with Crippen LogP contribution in [0.3, 0.4) is 0 Å². The van der Waals surface area contributed by atoms with E-state index in [1.54, 1.807) is 0 Å². The quantitative estimate of drug-likeness (QED) is 0.752. The molecule has 0 amide bonds. The second kappa shape index (κ2) is 4.51. The zero-order valence-corrected chi connectivity index (χ0v) is 8.58. The minimum absolute atomic E-state index is 0.0521. The van der Waals surface area contributed by atoms with Gasteiger partial charge in [-0.1, -0.05) is 19.3 Å². The first-order valence-corrected chi connectivity index (χ1v) is 5.23. The van der Waals surface area contributed by atoms with Gasteiger partial charge in [0.05, 0.1) is 6.42 Å². The SMILES string of the molecule is CC1(NCCC(F)(F)F)CCCCC1. The number of alkyl halides is 3. The molecule has 0 heterocycles. The molecule has 0 aromatic heterocycles. The highest BCUT2D eigenvalue weighted by molar-refractivity contribution is 4.86. The van der Waals surface area contributed by atoms with Crippen LogP contribution in [0.4, 0.5) is 13.2 Å². The Hall–Kier alpha value is -0.250. The number of hydrogen-bond acceptors (Lipinski definition) is 1. The van der Waals surface area contributed by atoms with Gasteiger partial charge in [-0.15, -0.1) is 0 Å². The molecule has 1 aliphatic rings. The van der Waals surface area contributed by atoms with Crippen molar-refractivity contribution in [2.45, 2.75) is 57.2 Å². The van der Waals surface area contributed by atoms with Crippen LogP contribution in [0.2, 0.25) is 0 Å². The molecule has 1 aliphatic carbocycles. The summed E-state index contributed by atoms with van der Waals surface area (Å²) < 4.78 is 35.7. The molecule has 1 rings (SSSR count). The summed E-state index contributed by atoms with van der Waals surface area (Å²) in [6, 6.07) is 0. The predicted octanol–water partition coefficient (Wildman–Crippen LogP) is 3.25. The normalized spacial score (nSPS) is 22.3. The standard InChI is InChI=1S/C10H18F3N/c1-9(5-3-2-4-6-9)14-8-7-10(11,12)13/h14H,2-8H2,1H3. The lowest BCUT2D eigenvalue weighted by Gasteiger charge is -2.34. The fourth-order valence-corrected chi connectivity index (χ4v) is 2.01. The van der Waals surface area contributed by atoms with E-state index in [0.29, 0.717) is 0 Å². The Morgan fingerprint density at radius 2 is 1.71 bits per heavy atom. The molecule has 0 aromatic carbocycles. The smallest absolute Gasteiger partial charge is 0.311 e. The first-order chi connectivity index (χ1) is 6.41. The maximum absolute atomic E-state index is 11.9. The summed E-state index contributed by atoms with van der Waals surface area (Å²) in [6.07, 6.45) is 0.748. The van der Waals surface area contributed by atoms with Crippen LogP contribution in [0.1, 0.15) is 45.4 Å². The van der Waals surface area contributed by atoms with E-state index < -0.39 is 12.6 Å². The molecule has 0 aromatic rings. The average Bonchev–Trinajstić information content (AvgIpc) is 2.02. The molecule has 84 valence electrons. The van der Waals surface area contributed by atoms with E-state index in [9.17, 15) is 13.2 Å². The lowest BCUT2D eigenvalue weighted by molar-refractivity contribution is -0.134. The van der Waals surface area contributed by atoms with E-state index in [2.05, 4.69) is 5.32 Å². The zero-order chi connectivity index (χ0) is 10.7. The topological polar surface area (TPSA) is 12.0 Å². The summed E-state index contributed by atoms with van der Waals surface area (Å²) in [5.41, 5.74) is -0.0521. The monoisotopic (exact) mass is 209 g/mol. The van der Waals surface area contributed by atoms with Crippen molar-refractivity contribution in [2.75, 3.05) is 6.54 Å². The molecule has 0 atom stereocenters. The van der Waals surface area contributed by atoms with Gasteiger partial charge in [-0.25, -0.2) is 0 Å². The van der Waals surface area contributed by atoms with Gasteiger partial charge in [0.2, 0.25) is 0 Å². The summed E-state index contributed by atoms with van der Waals surface area (Å²) in [6.45, 7) is 2.09. The van der Waals surface area contributed by atoms with Crippen LogP contribution in [-0.4, -0.2) is 18.3 Å². The van der Waals surface area contributed by atoms with Gasteiger partial charge in [0, 0.05) is 12.1 Å². The van der Waals surface area contributed by atoms with Crippen molar-refractivity contribution in [3.05, 3.63) is 0 Å². The molecule has 1 saturated carbocycles. The van der Waals surface area contributed by atoms with E-state index in [1.807, 2.05) is 6.92 Å². The van der Waals surface area contributed by atoms with E-state index in [0.717, 1.165) is 25.7 Å². The molecule has 0 bridgehead atoms. The minimum atomic E-state index is -4.03. The van der Waals surface area contributed by atoms with Crippen molar-refractivity contribution in [2.24, 2.45) is 0 Å². The van der Waals surface area contributed by atoms with Crippen molar-refractivity contribution in [1.82, 2.24) is 5.32 Å². The van der Waals surface area contributed by atoms with Gasteiger partial charge in [-0.3, -0.25) is 0 Å². The van der Waals surface area contributed by atoms with E-state index >= 15 is 0 Å². The first-order valence-electron chi connectivity index (χ1n) is 5.23. The van der Waals surface area contributed by atoms with Crippen molar-refractivity contribution >= 4 is 0 Å². The van der Waals surface area contributed by atoms with Gasteiger partial charge in [0.15, 0.2) is 0 Å². The second-order valence-corrected chi connectivity index (χ2v) is 4.41. The molecule has 0 saturated heterocycles.